The van der Waals surface area contributed by atoms with E-state index in [0.717, 1.165) is 4.47 Å². The Kier molecular flexibility index (Phi) is 3.98. The molecular formula is C12H7Br2NO3. The lowest BCUT2D eigenvalue weighted by Crippen LogP contribution is -1.96. The van der Waals surface area contributed by atoms with Gasteiger partial charge in [-0.3, -0.25) is 0 Å². The van der Waals surface area contributed by atoms with Crippen LogP contribution < -0.4 is 4.74 Å². The lowest BCUT2D eigenvalue weighted by Gasteiger charge is -2.07. The summed E-state index contributed by atoms with van der Waals surface area (Å²) < 4.78 is 7.01. The number of benzene rings is 1. The van der Waals surface area contributed by atoms with Gasteiger partial charge in [0.1, 0.15) is 5.75 Å². The molecule has 0 saturated heterocycles. The summed E-state index contributed by atoms with van der Waals surface area (Å²) in [7, 11) is 0. The minimum Gasteiger partial charge on any atom is -0.478 e. The van der Waals surface area contributed by atoms with Crippen molar-refractivity contribution in [3.63, 3.8) is 0 Å². The lowest BCUT2D eigenvalue weighted by molar-refractivity contribution is 0.0696. The van der Waals surface area contributed by atoms with E-state index in [1.165, 1.54) is 12.1 Å². The minimum absolute atomic E-state index is 0.167. The van der Waals surface area contributed by atoms with Crippen molar-refractivity contribution in [3.8, 4) is 11.6 Å². The van der Waals surface area contributed by atoms with Gasteiger partial charge in [0.2, 0.25) is 5.88 Å². The minimum atomic E-state index is -0.997. The zero-order valence-electron chi connectivity index (χ0n) is 8.93. The van der Waals surface area contributed by atoms with Crippen molar-refractivity contribution in [1.29, 1.82) is 0 Å². The van der Waals surface area contributed by atoms with Crippen LogP contribution in [0.4, 0.5) is 0 Å². The fourth-order valence-electron chi connectivity index (χ4n) is 1.28. The van der Waals surface area contributed by atoms with Gasteiger partial charge in [-0.2, -0.15) is 0 Å². The number of ether oxygens (including phenoxy) is 1. The van der Waals surface area contributed by atoms with Crippen LogP contribution in [-0.4, -0.2) is 16.1 Å². The summed E-state index contributed by atoms with van der Waals surface area (Å²) in [5.74, 6) is -0.200. The lowest BCUT2D eigenvalue weighted by atomic mass is 10.2. The van der Waals surface area contributed by atoms with Gasteiger partial charge in [-0.15, -0.1) is 0 Å². The zero-order chi connectivity index (χ0) is 13.1. The maximum Gasteiger partial charge on any atom is 0.335 e. The summed E-state index contributed by atoms with van der Waals surface area (Å²) in [5, 5.41) is 8.88. The molecule has 0 fully saturated rings. The summed E-state index contributed by atoms with van der Waals surface area (Å²) in [6.45, 7) is 0. The number of aromatic nitrogens is 1. The van der Waals surface area contributed by atoms with E-state index in [1.54, 1.807) is 24.4 Å². The molecule has 0 unspecified atom stereocenters. The second kappa shape index (κ2) is 5.49. The molecule has 0 aliphatic rings. The van der Waals surface area contributed by atoms with Crippen molar-refractivity contribution in [1.82, 2.24) is 4.98 Å². The zero-order valence-corrected chi connectivity index (χ0v) is 12.1. The molecule has 4 nitrogen and oxygen atoms in total. The van der Waals surface area contributed by atoms with E-state index in [4.69, 9.17) is 9.84 Å². The molecule has 2 aromatic rings. The van der Waals surface area contributed by atoms with E-state index in [2.05, 4.69) is 36.8 Å². The highest BCUT2D eigenvalue weighted by Gasteiger charge is 2.08. The number of nitrogens with zero attached hydrogens (tertiary/aromatic N) is 1. The highest BCUT2D eigenvalue weighted by Crippen LogP contribution is 2.29. The first kappa shape index (κ1) is 13.0. The Labute approximate surface area is 120 Å². The molecule has 0 radical (unpaired) electrons. The third-order valence-electron chi connectivity index (χ3n) is 2.07. The second-order valence-corrected chi connectivity index (χ2v) is 5.15. The molecule has 1 heterocycles. The number of halogens is 2. The topological polar surface area (TPSA) is 59.4 Å². The maximum absolute atomic E-state index is 10.8. The Morgan fingerprint density at radius 2 is 2.06 bits per heavy atom. The van der Waals surface area contributed by atoms with Gasteiger partial charge in [0.15, 0.2) is 0 Å². The average Bonchev–Trinajstić information content (AvgIpc) is 2.33. The van der Waals surface area contributed by atoms with Crippen molar-refractivity contribution in [2.45, 2.75) is 0 Å². The van der Waals surface area contributed by atoms with E-state index in [-0.39, 0.29) is 5.56 Å². The molecule has 1 aromatic heterocycles. The molecule has 6 heteroatoms. The summed E-state index contributed by atoms with van der Waals surface area (Å²) in [4.78, 5) is 14.9. The summed E-state index contributed by atoms with van der Waals surface area (Å²) >= 11 is 6.60. The Morgan fingerprint density at radius 3 is 2.72 bits per heavy atom. The third-order valence-corrected chi connectivity index (χ3v) is 3.07. The number of pyridine rings is 1. The molecule has 0 aliphatic carbocycles. The van der Waals surface area contributed by atoms with Gasteiger partial charge in [-0.25, -0.2) is 9.78 Å². The predicted molar refractivity (Wildman–Crippen MR) is 73.1 cm³/mol. The van der Waals surface area contributed by atoms with Crippen molar-refractivity contribution >= 4 is 37.8 Å². The first-order chi connectivity index (χ1) is 8.56. The Balaban J connectivity index is 2.28. The number of hydrogen-bond donors (Lipinski definition) is 1. The highest BCUT2D eigenvalue weighted by atomic mass is 79.9. The van der Waals surface area contributed by atoms with Crippen LogP contribution in [0.15, 0.2) is 45.5 Å². The Morgan fingerprint density at radius 1 is 1.28 bits per heavy atom. The predicted octanol–water partition coefficient (Wildman–Crippen LogP) is 4.10. The van der Waals surface area contributed by atoms with Gasteiger partial charge < -0.3 is 9.84 Å². The van der Waals surface area contributed by atoms with Crippen LogP contribution in [0.25, 0.3) is 0 Å². The van der Waals surface area contributed by atoms with Crippen LogP contribution in [0.2, 0.25) is 0 Å². The van der Waals surface area contributed by atoms with Gasteiger partial charge in [0, 0.05) is 10.7 Å². The molecule has 0 saturated carbocycles. The Hall–Kier alpha value is -1.40. The van der Waals surface area contributed by atoms with Crippen LogP contribution in [0.1, 0.15) is 10.4 Å². The smallest absolute Gasteiger partial charge is 0.335 e. The maximum atomic E-state index is 10.8. The van der Waals surface area contributed by atoms with Gasteiger partial charge in [0.25, 0.3) is 0 Å². The normalized spacial score (nSPS) is 10.1. The Bertz CT molecular complexity index is 602. The number of hydrogen-bond acceptors (Lipinski definition) is 3. The number of rotatable bonds is 3. The van der Waals surface area contributed by atoms with E-state index >= 15 is 0 Å². The first-order valence-electron chi connectivity index (χ1n) is 4.88. The molecule has 0 aliphatic heterocycles. The van der Waals surface area contributed by atoms with Gasteiger partial charge >= 0.3 is 5.97 Å². The SMILES string of the molecule is O=C(O)c1cccc(Oc2ncc(Br)cc2Br)c1. The molecule has 2 rings (SSSR count). The first-order valence-corrected chi connectivity index (χ1v) is 6.47. The van der Waals surface area contributed by atoms with Gasteiger partial charge in [0.05, 0.1) is 10.0 Å². The molecule has 1 N–H and O–H groups in total. The van der Waals surface area contributed by atoms with Crippen molar-refractivity contribution in [3.05, 3.63) is 51.0 Å². The van der Waals surface area contributed by atoms with E-state index < -0.39 is 5.97 Å². The number of carboxylic acids is 1. The van der Waals surface area contributed by atoms with Crippen LogP contribution in [0.3, 0.4) is 0 Å². The number of carbonyl (C=O) groups is 1. The van der Waals surface area contributed by atoms with Crippen molar-refractivity contribution < 1.29 is 14.6 Å². The van der Waals surface area contributed by atoms with Crippen molar-refractivity contribution in [2.24, 2.45) is 0 Å². The fraction of sp³-hybridized carbons (Fsp3) is 0. The quantitative estimate of drug-likeness (QED) is 0.881. The van der Waals surface area contributed by atoms with Gasteiger partial charge in [-0.05, 0) is 56.1 Å². The molecule has 1 aromatic carbocycles. The molecule has 0 bridgehead atoms. The average molecular weight is 373 g/mol. The number of carboxylic acid groups (broad SMARTS) is 1. The van der Waals surface area contributed by atoms with Crippen LogP contribution >= 0.6 is 31.9 Å². The summed E-state index contributed by atoms with van der Waals surface area (Å²) in [6.07, 6.45) is 1.60. The summed E-state index contributed by atoms with van der Waals surface area (Å²) in [5.41, 5.74) is 0.167. The monoisotopic (exact) mass is 371 g/mol. The molecule has 18 heavy (non-hydrogen) atoms. The summed E-state index contributed by atoms with van der Waals surface area (Å²) in [6, 6.07) is 8.02. The van der Waals surface area contributed by atoms with Crippen LogP contribution in [0, 0.1) is 0 Å². The number of aromatic carboxylic acids is 1. The standard InChI is InChI=1S/C12H7Br2NO3/c13-8-5-10(14)11(15-6-8)18-9-3-1-2-7(4-9)12(16)17/h1-6H,(H,16,17). The highest BCUT2D eigenvalue weighted by molar-refractivity contribution is 9.11. The second-order valence-electron chi connectivity index (χ2n) is 3.38. The largest absolute Gasteiger partial charge is 0.478 e. The van der Waals surface area contributed by atoms with E-state index in [1.807, 2.05) is 0 Å². The van der Waals surface area contributed by atoms with E-state index in [0.29, 0.717) is 16.1 Å². The third kappa shape index (κ3) is 3.08. The van der Waals surface area contributed by atoms with Gasteiger partial charge in [-0.1, -0.05) is 6.07 Å². The molecule has 0 atom stereocenters. The molecule has 92 valence electrons. The molecule has 0 amide bonds. The van der Waals surface area contributed by atoms with Crippen LogP contribution in [0.5, 0.6) is 11.6 Å². The fourth-order valence-corrected chi connectivity index (χ4v) is 2.35. The van der Waals surface area contributed by atoms with Crippen molar-refractivity contribution in [2.75, 3.05) is 0 Å². The molecular weight excluding hydrogens is 366 g/mol. The van der Waals surface area contributed by atoms with Crippen LogP contribution in [-0.2, 0) is 0 Å². The molecule has 0 spiro atoms. The van der Waals surface area contributed by atoms with E-state index in [9.17, 15) is 4.79 Å².